The predicted octanol–water partition coefficient (Wildman–Crippen LogP) is 3.11. The van der Waals surface area contributed by atoms with Crippen LogP contribution in [0.4, 0.5) is 0 Å². The van der Waals surface area contributed by atoms with E-state index in [1.165, 1.54) is 5.56 Å². The van der Waals surface area contributed by atoms with Crippen LogP contribution in [0.2, 0.25) is 0 Å². The maximum Gasteiger partial charge on any atom is 0.323 e. The summed E-state index contributed by atoms with van der Waals surface area (Å²) in [4.78, 5) is 16.4. The van der Waals surface area contributed by atoms with Crippen LogP contribution in [0.1, 0.15) is 37.9 Å². The summed E-state index contributed by atoms with van der Waals surface area (Å²) in [6.45, 7) is 9.25. The van der Waals surface area contributed by atoms with Crippen molar-refractivity contribution in [2.75, 3.05) is 18.9 Å². The Morgan fingerprint density at radius 3 is 2.76 bits per heavy atom. The van der Waals surface area contributed by atoms with Gasteiger partial charge in [0.15, 0.2) is 0 Å². The molecule has 0 fully saturated rings. The topological polar surface area (TPSA) is 51.2 Å². The van der Waals surface area contributed by atoms with Gasteiger partial charge in [0, 0.05) is 11.4 Å². The fraction of sp³-hybridized carbons (Fsp3) is 0.625. The first-order chi connectivity index (χ1) is 10.1. The molecule has 0 aliphatic heterocycles. The fourth-order valence-corrected chi connectivity index (χ4v) is 3.06. The van der Waals surface area contributed by atoms with Crippen molar-refractivity contribution in [3.05, 3.63) is 23.4 Å². The second-order valence-corrected chi connectivity index (χ2v) is 6.14. The molecular weight excluding hydrogens is 284 g/mol. The van der Waals surface area contributed by atoms with Crippen LogP contribution in [-0.2, 0) is 9.53 Å². The molecule has 1 unspecified atom stereocenters. The number of hydrogen-bond acceptors (Lipinski definition) is 5. The van der Waals surface area contributed by atoms with Gasteiger partial charge < -0.3 is 10.1 Å². The molecule has 0 aliphatic rings. The van der Waals surface area contributed by atoms with Crippen molar-refractivity contribution in [3.8, 4) is 0 Å². The second kappa shape index (κ2) is 9.79. The van der Waals surface area contributed by atoms with Crippen molar-refractivity contribution < 1.29 is 9.53 Å². The lowest BCUT2D eigenvalue weighted by molar-refractivity contribution is -0.145. The molecule has 1 atom stereocenters. The quantitative estimate of drug-likeness (QED) is 0.561. The summed E-state index contributed by atoms with van der Waals surface area (Å²) in [7, 11) is 0. The van der Waals surface area contributed by atoms with Crippen molar-refractivity contribution in [2.24, 2.45) is 0 Å². The van der Waals surface area contributed by atoms with Crippen molar-refractivity contribution in [3.63, 3.8) is 0 Å². The molecule has 0 radical (unpaired) electrons. The molecular formula is C16H26N2O2S. The van der Waals surface area contributed by atoms with Crippen LogP contribution in [0.15, 0.2) is 17.2 Å². The van der Waals surface area contributed by atoms with Gasteiger partial charge in [0.2, 0.25) is 0 Å². The summed E-state index contributed by atoms with van der Waals surface area (Å²) < 4.78 is 5.12. The molecule has 21 heavy (non-hydrogen) atoms. The van der Waals surface area contributed by atoms with Crippen LogP contribution in [0.5, 0.6) is 0 Å². The van der Waals surface area contributed by atoms with Gasteiger partial charge in [-0.1, -0.05) is 6.92 Å². The van der Waals surface area contributed by atoms with E-state index in [1.807, 2.05) is 13.8 Å². The van der Waals surface area contributed by atoms with E-state index >= 15 is 0 Å². The van der Waals surface area contributed by atoms with E-state index < -0.39 is 0 Å². The molecule has 0 aliphatic carbocycles. The molecule has 1 N–H and O–H groups in total. The van der Waals surface area contributed by atoms with E-state index in [0.29, 0.717) is 6.61 Å². The van der Waals surface area contributed by atoms with Crippen LogP contribution >= 0.6 is 11.8 Å². The summed E-state index contributed by atoms with van der Waals surface area (Å²) in [6.07, 6.45) is 1.75. The molecule has 0 spiro atoms. The standard InChI is InChI=1S/C16H26N2O2S/c1-5-8-17-14(16(19)20-6-2)7-9-21-15-11-12(3)10-13(4)18-15/h10-11,14,17H,5-9H2,1-4H3. The Morgan fingerprint density at radius 2 is 2.14 bits per heavy atom. The Kier molecular flexibility index (Phi) is 8.38. The molecule has 118 valence electrons. The zero-order valence-corrected chi connectivity index (χ0v) is 14.3. The number of aryl methyl sites for hydroxylation is 2. The molecule has 1 rings (SSSR count). The van der Waals surface area contributed by atoms with Gasteiger partial charge in [-0.25, -0.2) is 4.98 Å². The lowest BCUT2D eigenvalue weighted by Gasteiger charge is -2.16. The minimum Gasteiger partial charge on any atom is -0.465 e. The van der Waals surface area contributed by atoms with Gasteiger partial charge in [0.1, 0.15) is 6.04 Å². The first-order valence-electron chi connectivity index (χ1n) is 7.55. The number of nitrogens with zero attached hydrogens (tertiary/aromatic N) is 1. The SMILES string of the molecule is CCCNC(CCSc1cc(C)cc(C)n1)C(=O)OCC. The third-order valence-corrected chi connectivity index (χ3v) is 3.89. The smallest absolute Gasteiger partial charge is 0.323 e. The van der Waals surface area contributed by atoms with Crippen LogP contribution < -0.4 is 5.32 Å². The summed E-state index contributed by atoms with van der Waals surface area (Å²) in [5, 5.41) is 4.27. The number of pyridine rings is 1. The molecule has 1 aromatic rings. The van der Waals surface area contributed by atoms with Gasteiger partial charge in [-0.3, -0.25) is 4.79 Å². The van der Waals surface area contributed by atoms with E-state index in [0.717, 1.165) is 35.9 Å². The molecule has 0 amide bonds. The average molecular weight is 310 g/mol. The van der Waals surface area contributed by atoms with Crippen molar-refractivity contribution in [1.29, 1.82) is 0 Å². The Balaban J connectivity index is 2.49. The van der Waals surface area contributed by atoms with Crippen LogP contribution in [0, 0.1) is 13.8 Å². The fourth-order valence-electron chi connectivity index (χ4n) is 2.02. The van der Waals surface area contributed by atoms with Crippen molar-refractivity contribution >= 4 is 17.7 Å². The maximum atomic E-state index is 11.9. The minimum absolute atomic E-state index is 0.153. The lowest BCUT2D eigenvalue weighted by atomic mass is 10.2. The second-order valence-electron chi connectivity index (χ2n) is 5.02. The molecule has 1 heterocycles. The van der Waals surface area contributed by atoms with E-state index in [1.54, 1.807) is 11.8 Å². The van der Waals surface area contributed by atoms with Gasteiger partial charge in [-0.15, -0.1) is 11.8 Å². The summed E-state index contributed by atoms with van der Waals surface area (Å²) in [5.74, 6) is 0.691. The maximum absolute atomic E-state index is 11.9. The number of esters is 1. The van der Waals surface area contributed by atoms with Crippen LogP contribution in [-0.4, -0.2) is 35.9 Å². The van der Waals surface area contributed by atoms with Gasteiger partial charge in [-0.2, -0.15) is 0 Å². The number of rotatable bonds is 9. The van der Waals surface area contributed by atoms with Gasteiger partial charge in [-0.05, 0) is 57.9 Å². The highest BCUT2D eigenvalue weighted by molar-refractivity contribution is 7.99. The van der Waals surface area contributed by atoms with Gasteiger partial charge in [0.25, 0.3) is 0 Å². The Hall–Kier alpha value is -1.07. The highest BCUT2D eigenvalue weighted by Gasteiger charge is 2.18. The van der Waals surface area contributed by atoms with Crippen molar-refractivity contribution in [1.82, 2.24) is 10.3 Å². The summed E-state index contributed by atoms with van der Waals surface area (Å²) in [5.41, 5.74) is 2.25. The average Bonchev–Trinajstić information content (AvgIpc) is 2.41. The highest BCUT2D eigenvalue weighted by atomic mass is 32.2. The Morgan fingerprint density at radius 1 is 1.38 bits per heavy atom. The minimum atomic E-state index is -0.219. The number of thioether (sulfide) groups is 1. The Labute approximate surface area is 132 Å². The normalized spacial score (nSPS) is 12.2. The molecule has 5 heteroatoms. The number of nitrogens with one attached hydrogen (secondary N) is 1. The predicted molar refractivity (Wildman–Crippen MR) is 87.8 cm³/mol. The summed E-state index contributed by atoms with van der Waals surface area (Å²) >= 11 is 1.69. The molecule has 0 saturated carbocycles. The molecule has 1 aromatic heterocycles. The van der Waals surface area contributed by atoms with E-state index in [2.05, 4.69) is 36.3 Å². The molecule has 4 nitrogen and oxygen atoms in total. The van der Waals surface area contributed by atoms with E-state index in [-0.39, 0.29) is 12.0 Å². The Bertz CT molecular complexity index is 432. The molecule has 0 saturated heterocycles. The molecule has 0 aromatic carbocycles. The van der Waals surface area contributed by atoms with E-state index in [4.69, 9.17) is 4.74 Å². The van der Waals surface area contributed by atoms with E-state index in [9.17, 15) is 4.79 Å². The number of carbonyl (C=O) groups is 1. The van der Waals surface area contributed by atoms with Crippen molar-refractivity contribution in [2.45, 2.75) is 51.6 Å². The van der Waals surface area contributed by atoms with Crippen LogP contribution in [0.25, 0.3) is 0 Å². The third-order valence-electron chi connectivity index (χ3n) is 2.94. The number of ether oxygens (including phenoxy) is 1. The number of carbonyl (C=O) groups excluding carboxylic acids is 1. The first kappa shape index (κ1) is 18.0. The number of aromatic nitrogens is 1. The lowest BCUT2D eigenvalue weighted by Crippen LogP contribution is -2.39. The number of hydrogen-bond donors (Lipinski definition) is 1. The molecule has 0 bridgehead atoms. The van der Waals surface area contributed by atoms with Gasteiger partial charge in [0.05, 0.1) is 11.6 Å². The zero-order valence-electron chi connectivity index (χ0n) is 13.4. The first-order valence-corrected chi connectivity index (χ1v) is 8.53. The summed E-state index contributed by atoms with van der Waals surface area (Å²) in [6, 6.07) is 3.92. The zero-order chi connectivity index (χ0) is 15.7. The third kappa shape index (κ3) is 6.96. The highest BCUT2D eigenvalue weighted by Crippen LogP contribution is 2.19. The monoisotopic (exact) mass is 310 g/mol. The van der Waals surface area contributed by atoms with Gasteiger partial charge >= 0.3 is 5.97 Å². The van der Waals surface area contributed by atoms with Crippen LogP contribution in [0.3, 0.4) is 0 Å². The largest absolute Gasteiger partial charge is 0.465 e.